The maximum atomic E-state index is 11.9. The Hall–Kier alpha value is -0.840. The SMILES string of the molecule is CCc1ccc2nc(NC(=O)C3CC3(Cl)Cl)sc2c1. The minimum Gasteiger partial charge on any atom is -0.302 e. The summed E-state index contributed by atoms with van der Waals surface area (Å²) in [5.74, 6) is -0.478. The van der Waals surface area contributed by atoms with Crippen LogP contribution in [0, 0.1) is 5.92 Å². The average molecular weight is 315 g/mol. The molecule has 2 aromatic rings. The predicted molar refractivity (Wildman–Crippen MR) is 80.2 cm³/mol. The van der Waals surface area contributed by atoms with Gasteiger partial charge < -0.3 is 5.32 Å². The Balaban J connectivity index is 1.80. The van der Waals surface area contributed by atoms with Crippen molar-refractivity contribution in [2.24, 2.45) is 5.92 Å². The van der Waals surface area contributed by atoms with Crippen molar-refractivity contribution in [3.63, 3.8) is 0 Å². The van der Waals surface area contributed by atoms with Crippen molar-refractivity contribution in [2.45, 2.75) is 24.1 Å². The molecule has 1 N–H and O–H groups in total. The van der Waals surface area contributed by atoms with Crippen LogP contribution < -0.4 is 5.32 Å². The number of aromatic nitrogens is 1. The van der Waals surface area contributed by atoms with Crippen LogP contribution >= 0.6 is 34.5 Å². The van der Waals surface area contributed by atoms with E-state index in [1.165, 1.54) is 16.9 Å². The molecule has 1 amide bonds. The molecule has 1 heterocycles. The number of aryl methyl sites for hydroxylation is 1. The fraction of sp³-hybridized carbons (Fsp3) is 0.385. The molecule has 1 aliphatic rings. The lowest BCUT2D eigenvalue weighted by molar-refractivity contribution is -0.117. The Labute approximate surface area is 124 Å². The molecule has 1 aromatic heterocycles. The second-order valence-corrected chi connectivity index (χ2v) is 7.25. The highest BCUT2D eigenvalue weighted by Crippen LogP contribution is 2.53. The van der Waals surface area contributed by atoms with Gasteiger partial charge in [0.2, 0.25) is 5.91 Å². The number of hydrogen-bond donors (Lipinski definition) is 1. The van der Waals surface area contributed by atoms with E-state index in [1.54, 1.807) is 0 Å². The van der Waals surface area contributed by atoms with Gasteiger partial charge in [-0.1, -0.05) is 24.3 Å². The van der Waals surface area contributed by atoms with Crippen molar-refractivity contribution >= 4 is 55.8 Å². The lowest BCUT2D eigenvalue weighted by atomic mass is 10.2. The average Bonchev–Trinajstić information content (AvgIpc) is 2.83. The van der Waals surface area contributed by atoms with E-state index in [2.05, 4.69) is 29.4 Å². The number of amides is 1. The number of carbonyl (C=O) groups excluding carboxylic acids is 1. The second-order valence-electron chi connectivity index (χ2n) is 4.68. The quantitative estimate of drug-likeness (QED) is 0.870. The summed E-state index contributed by atoms with van der Waals surface area (Å²) in [5.41, 5.74) is 2.16. The Kier molecular flexibility index (Phi) is 3.20. The molecule has 1 fully saturated rings. The summed E-state index contributed by atoms with van der Waals surface area (Å²) in [4.78, 5) is 16.3. The summed E-state index contributed by atoms with van der Waals surface area (Å²) >= 11 is 13.2. The molecule has 0 bridgehead atoms. The van der Waals surface area contributed by atoms with Crippen LogP contribution in [0.4, 0.5) is 5.13 Å². The molecule has 1 aromatic carbocycles. The molecule has 0 radical (unpaired) electrons. The topological polar surface area (TPSA) is 42.0 Å². The zero-order valence-electron chi connectivity index (χ0n) is 10.2. The van der Waals surface area contributed by atoms with E-state index in [1.807, 2.05) is 6.07 Å². The third-order valence-electron chi connectivity index (χ3n) is 3.23. The summed E-state index contributed by atoms with van der Waals surface area (Å²) < 4.78 is 0.185. The van der Waals surface area contributed by atoms with Gasteiger partial charge in [-0.15, -0.1) is 23.2 Å². The number of fused-ring (bicyclic) bond motifs is 1. The Bertz CT molecular complexity index is 653. The number of nitrogens with zero attached hydrogens (tertiary/aromatic N) is 1. The van der Waals surface area contributed by atoms with Gasteiger partial charge in [0.1, 0.15) is 4.33 Å². The Morgan fingerprint density at radius 3 is 2.95 bits per heavy atom. The van der Waals surface area contributed by atoms with E-state index >= 15 is 0 Å². The van der Waals surface area contributed by atoms with Crippen LogP contribution in [0.15, 0.2) is 18.2 Å². The molecule has 1 atom stereocenters. The molecule has 6 heteroatoms. The van der Waals surface area contributed by atoms with Gasteiger partial charge in [0.25, 0.3) is 0 Å². The molecule has 3 nitrogen and oxygen atoms in total. The van der Waals surface area contributed by atoms with Crippen LogP contribution in [0.5, 0.6) is 0 Å². The van der Waals surface area contributed by atoms with Crippen LogP contribution in [0.2, 0.25) is 0 Å². The van der Waals surface area contributed by atoms with E-state index in [-0.39, 0.29) is 11.8 Å². The predicted octanol–water partition coefficient (Wildman–Crippen LogP) is 3.99. The fourth-order valence-electron chi connectivity index (χ4n) is 1.93. The van der Waals surface area contributed by atoms with Gasteiger partial charge in [-0.3, -0.25) is 4.79 Å². The van der Waals surface area contributed by atoms with E-state index in [9.17, 15) is 4.79 Å². The summed E-state index contributed by atoms with van der Waals surface area (Å²) in [5, 5.41) is 3.39. The van der Waals surface area contributed by atoms with E-state index in [4.69, 9.17) is 23.2 Å². The van der Waals surface area contributed by atoms with Crippen molar-refractivity contribution in [1.29, 1.82) is 0 Å². The highest BCUT2D eigenvalue weighted by molar-refractivity contribution is 7.22. The van der Waals surface area contributed by atoms with E-state index < -0.39 is 4.33 Å². The number of hydrogen-bond acceptors (Lipinski definition) is 3. The first-order chi connectivity index (χ1) is 8.99. The highest BCUT2D eigenvalue weighted by atomic mass is 35.5. The summed E-state index contributed by atoms with van der Waals surface area (Å²) in [6.45, 7) is 2.11. The maximum absolute atomic E-state index is 11.9. The zero-order chi connectivity index (χ0) is 13.6. The highest BCUT2D eigenvalue weighted by Gasteiger charge is 2.56. The Morgan fingerprint density at radius 1 is 1.58 bits per heavy atom. The molecule has 3 rings (SSSR count). The number of thiazole rings is 1. The van der Waals surface area contributed by atoms with Crippen LogP contribution in [-0.2, 0) is 11.2 Å². The summed E-state index contributed by atoms with van der Waals surface area (Å²) in [7, 11) is 0. The van der Waals surface area contributed by atoms with Crippen molar-refractivity contribution < 1.29 is 4.79 Å². The standard InChI is InChI=1S/C13H12Cl2N2OS/c1-2-7-3-4-9-10(5-7)19-12(16-9)17-11(18)8-6-13(8,14)15/h3-5,8H,2,6H2,1H3,(H,16,17,18). The normalized spacial score (nSPS) is 20.5. The summed E-state index contributed by atoms with van der Waals surface area (Å²) in [6, 6.07) is 6.13. The monoisotopic (exact) mass is 314 g/mol. The van der Waals surface area contributed by atoms with Crippen molar-refractivity contribution in [3.8, 4) is 0 Å². The van der Waals surface area contributed by atoms with Gasteiger partial charge in [-0.2, -0.15) is 0 Å². The maximum Gasteiger partial charge on any atom is 0.232 e. The third-order valence-corrected chi connectivity index (χ3v) is 5.00. The van der Waals surface area contributed by atoms with Gasteiger partial charge in [-0.25, -0.2) is 4.98 Å². The van der Waals surface area contributed by atoms with Gasteiger partial charge in [0.05, 0.1) is 16.1 Å². The van der Waals surface area contributed by atoms with Crippen LogP contribution in [-0.4, -0.2) is 15.2 Å². The molecular formula is C13H12Cl2N2OS. The minimum atomic E-state index is -0.893. The van der Waals surface area contributed by atoms with Crippen molar-refractivity contribution in [2.75, 3.05) is 5.32 Å². The first-order valence-corrected chi connectivity index (χ1v) is 7.65. The molecule has 1 saturated carbocycles. The number of anilines is 1. The van der Waals surface area contributed by atoms with Gasteiger partial charge in [0, 0.05) is 0 Å². The van der Waals surface area contributed by atoms with Crippen molar-refractivity contribution in [3.05, 3.63) is 23.8 Å². The number of alkyl halides is 2. The number of rotatable bonds is 3. The second kappa shape index (κ2) is 4.62. The van der Waals surface area contributed by atoms with E-state index in [0.29, 0.717) is 11.6 Å². The molecule has 1 unspecified atom stereocenters. The molecular weight excluding hydrogens is 303 g/mol. The molecule has 100 valence electrons. The molecule has 0 aliphatic heterocycles. The first kappa shape index (κ1) is 13.2. The van der Waals surface area contributed by atoms with Crippen LogP contribution in [0.25, 0.3) is 10.2 Å². The van der Waals surface area contributed by atoms with Crippen LogP contribution in [0.3, 0.4) is 0 Å². The third kappa shape index (κ3) is 2.57. The van der Waals surface area contributed by atoms with Gasteiger partial charge >= 0.3 is 0 Å². The number of carbonyl (C=O) groups is 1. The minimum absolute atomic E-state index is 0.153. The Morgan fingerprint density at radius 2 is 2.32 bits per heavy atom. The molecule has 19 heavy (non-hydrogen) atoms. The number of halogens is 2. The van der Waals surface area contributed by atoms with Gasteiger partial charge in [0.15, 0.2) is 5.13 Å². The van der Waals surface area contributed by atoms with Crippen LogP contribution in [0.1, 0.15) is 18.9 Å². The molecule has 0 spiro atoms. The van der Waals surface area contributed by atoms with E-state index in [0.717, 1.165) is 16.6 Å². The fourth-order valence-corrected chi connectivity index (χ4v) is 3.37. The molecule has 0 saturated heterocycles. The van der Waals surface area contributed by atoms with Gasteiger partial charge in [-0.05, 0) is 30.5 Å². The number of nitrogens with one attached hydrogen (secondary N) is 1. The number of benzene rings is 1. The summed E-state index contributed by atoms with van der Waals surface area (Å²) in [6.07, 6.45) is 1.49. The smallest absolute Gasteiger partial charge is 0.232 e. The first-order valence-electron chi connectivity index (χ1n) is 6.08. The lowest BCUT2D eigenvalue weighted by Gasteiger charge is -2.00. The zero-order valence-corrected chi connectivity index (χ0v) is 12.6. The lowest BCUT2D eigenvalue weighted by Crippen LogP contribution is -2.16. The molecule has 1 aliphatic carbocycles. The van der Waals surface area contributed by atoms with Crippen molar-refractivity contribution in [1.82, 2.24) is 4.98 Å². The largest absolute Gasteiger partial charge is 0.302 e.